The van der Waals surface area contributed by atoms with Crippen molar-refractivity contribution in [2.24, 2.45) is 0 Å². The summed E-state index contributed by atoms with van der Waals surface area (Å²) in [4.78, 5) is 29.6. The number of hydrogen-bond donors (Lipinski definition) is 2. The van der Waals surface area contributed by atoms with Crippen molar-refractivity contribution in [3.8, 4) is 0 Å². The Hall–Kier alpha value is -2.12. The first-order valence-corrected chi connectivity index (χ1v) is 9.27. The molecule has 0 unspecified atom stereocenters. The summed E-state index contributed by atoms with van der Waals surface area (Å²) in [6.07, 6.45) is 2.00. The van der Waals surface area contributed by atoms with E-state index >= 15 is 0 Å². The van der Waals surface area contributed by atoms with E-state index in [9.17, 15) is 9.59 Å². The van der Waals surface area contributed by atoms with Crippen LogP contribution in [0.2, 0.25) is 0 Å². The number of H-pyrrole nitrogens is 1. The Morgan fingerprint density at radius 2 is 1.92 bits per heavy atom. The highest BCUT2D eigenvalue weighted by molar-refractivity contribution is 9.11. The Bertz CT molecular complexity index is 999. The first kappa shape index (κ1) is 16.4. The monoisotopic (exact) mass is 461 g/mol. The molecule has 2 amide bonds. The second kappa shape index (κ2) is 6.31. The normalized spacial score (nSPS) is 17.5. The van der Waals surface area contributed by atoms with Gasteiger partial charge in [0.25, 0.3) is 5.91 Å². The minimum absolute atomic E-state index is 0.129. The van der Waals surface area contributed by atoms with E-state index in [0.29, 0.717) is 10.2 Å². The molecule has 2 heterocycles. The quantitative estimate of drug-likeness (QED) is 0.565. The van der Waals surface area contributed by atoms with Gasteiger partial charge in [-0.15, -0.1) is 0 Å². The van der Waals surface area contributed by atoms with Gasteiger partial charge >= 0.3 is 0 Å². The summed E-state index contributed by atoms with van der Waals surface area (Å²) in [5, 5.41) is 4.27. The van der Waals surface area contributed by atoms with Crippen molar-refractivity contribution in [2.75, 3.05) is 10.2 Å². The molecule has 0 bridgehead atoms. The van der Waals surface area contributed by atoms with Crippen LogP contribution in [0.3, 0.4) is 0 Å². The van der Waals surface area contributed by atoms with Crippen molar-refractivity contribution in [3.05, 3.63) is 57.6 Å². The molecule has 7 heteroatoms. The highest BCUT2D eigenvalue weighted by Crippen LogP contribution is 2.33. The third-order valence-corrected chi connectivity index (χ3v) is 5.32. The zero-order chi connectivity index (χ0) is 17.6. The fraction of sp³-hybridized carbons (Fsp3) is 0.111. The van der Waals surface area contributed by atoms with Crippen molar-refractivity contribution in [1.29, 1.82) is 0 Å². The molecule has 1 saturated heterocycles. The van der Waals surface area contributed by atoms with Crippen molar-refractivity contribution < 1.29 is 9.59 Å². The Morgan fingerprint density at radius 1 is 1.08 bits per heavy atom. The van der Waals surface area contributed by atoms with E-state index in [1.54, 1.807) is 12.1 Å². The number of halogens is 2. The Labute approximate surface area is 160 Å². The van der Waals surface area contributed by atoms with Crippen LogP contribution in [0.25, 0.3) is 10.9 Å². The van der Waals surface area contributed by atoms with E-state index < -0.39 is 6.04 Å². The van der Waals surface area contributed by atoms with Crippen LogP contribution in [0.4, 0.5) is 11.4 Å². The summed E-state index contributed by atoms with van der Waals surface area (Å²) in [5.74, 6) is -0.467. The van der Waals surface area contributed by atoms with E-state index in [1.165, 1.54) is 4.90 Å². The maximum Gasteiger partial charge on any atom is 0.256 e. The van der Waals surface area contributed by atoms with Gasteiger partial charge < -0.3 is 10.3 Å². The third kappa shape index (κ3) is 2.98. The van der Waals surface area contributed by atoms with Crippen LogP contribution in [0, 0.1) is 0 Å². The van der Waals surface area contributed by atoms with Crippen LogP contribution < -0.4 is 10.2 Å². The lowest BCUT2D eigenvalue weighted by molar-refractivity contribution is -0.121. The molecule has 1 aromatic heterocycles. The van der Waals surface area contributed by atoms with E-state index in [4.69, 9.17) is 0 Å². The number of rotatable bonds is 3. The summed E-state index contributed by atoms with van der Waals surface area (Å²) >= 11 is 6.79. The molecule has 0 aliphatic carbocycles. The average Bonchev–Trinajstić information content (AvgIpc) is 3.13. The van der Waals surface area contributed by atoms with Gasteiger partial charge in [-0.2, -0.15) is 0 Å². The van der Waals surface area contributed by atoms with Crippen molar-refractivity contribution >= 4 is 66.0 Å². The molecule has 1 aliphatic heterocycles. The summed E-state index contributed by atoms with van der Waals surface area (Å²) in [6, 6.07) is 12.6. The number of carbonyl (C=O) groups excluding carboxylic acids is 2. The number of anilines is 2. The molecule has 2 aromatic carbocycles. The molecule has 5 nitrogen and oxygen atoms in total. The molecule has 126 valence electrons. The van der Waals surface area contributed by atoms with Gasteiger partial charge in [0, 0.05) is 26.3 Å². The number of amides is 2. The SMILES string of the molecule is O=C1C[C@@H](Nc2ccc3cc[nH]c3c2)C(=O)N1c1ccc(Br)cc1Br. The standard InChI is InChI=1S/C18H13Br2N3O2/c19-11-2-4-16(13(20)7-11)23-17(24)9-15(18(23)25)22-12-3-1-10-5-6-21-14(10)8-12/h1-8,15,21-22H,9H2/t15-/m1/s1. The molecule has 4 rings (SSSR count). The molecule has 1 fully saturated rings. The van der Waals surface area contributed by atoms with Crippen LogP contribution in [-0.4, -0.2) is 22.8 Å². The average molecular weight is 463 g/mol. The predicted octanol–water partition coefficient (Wildman–Crippen LogP) is 4.44. The molecule has 25 heavy (non-hydrogen) atoms. The lowest BCUT2D eigenvalue weighted by Gasteiger charge is -2.17. The maximum absolute atomic E-state index is 12.8. The fourth-order valence-corrected chi connectivity index (χ4v) is 4.22. The fourth-order valence-electron chi connectivity index (χ4n) is 3.00. The lowest BCUT2D eigenvalue weighted by atomic mass is 10.2. The molecular weight excluding hydrogens is 450 g/mol. The maximum atomic E-state index is 12.8. The molecule has 0 spiro atoms. The van der Waals surface area contributed by atoms with Crippen LogP contribution >= 0.6 is 31.9 Å². The van der Waals surface area contributed by atoms with Gasteiger partial charge in [-0.05, 0) is 57.7 Å². The number of hydrogen-bond acceptors (Lipinski definition) is 3. The van der Waals surface area contributed by atoms with Gasteiger partial charge in [-0.3, -0.25) is 9.59 Å². The number of aromatic amines is 1. The van der Waals surface area contributed by atoms with E-state index in [2.05, 4.69) is 42.2 Å². The molecule has 1 atom stereocenters. The van der Waals surface area contributed by atoms with E-state index in [1.807, 2.05) is 36.5 Å². The lowest BCUT2D eigenvalue weighted by Crippen LogP contribution is -2.35. The van der Waals surface area contributed by atoms with Crippen LogP contribution in [0.15, 0.2) is 57.6 Å². The van der Waals surface area contributed by atoms with Gasteiger partial charge in [-0.25, -0.2) is 4.90 Å². The highest BCUT2D eigenvalue weighted by atomic mass is 79.9. The smallest absolute Gasteiger partial charge is 0.256 e. The Morgan fingerprint density at radius 3 is 2.72 bits per heavy atom. The molecule has 1 aliphatic rings. The number of nitrogens with one attached hydrogen (secondary N) is 2. The summed E-state index contributed by atoms with van der Waals surface area (Å²) < 4.78 is 1.56. The number of nitrogens with zero attached hydrogens (tertiary/aromatic N) is 1. The largest absolute Gasteiger partial charge is 0.373 e. The van der Waals surface area contributed by atoms with Gasteiger partial charge in [-0.1, -0.05) is 22.0 Å². The Kier molecular flexibility index (Phi) is 4.13. The van der Waals surface area contributed by atoms with Gasteiger partial charge in [0.2, 0.25) is 5.91 Å². The molecular formula is C18H13Br2N3O2. The molecule has 0 radical (unpaired) electrons. The Balaban J connectivity index is 1.60. The predicted molar refractivity (Wildman–Crippen MR) is 105 cm³/mol. The zero-order valence-corrected chi connectivity index (χ0v) is 16.1. The van der Waals surface area contributed by atoms with Crippen LogP contribution in [0.5, 0.6) is 0 Å². The van der Waals surface area contributed by atoms with Crippen molar-refractivity contribution in [2.45, 2.75) is 12.5 Å². The summed E-state index contributed by atoms with van der Waals surface area (Å²) in [7, 11) is 0. The number of benzene rings is 2. The van der Waals surface area contributed by atoms with Crippen LogP contribution in [-0.2, 0) is 9.59 Å². The van der Waals surface area contributed by atoms with Gasteiger partial charge in [0.15, 0.2) is 0 Å². The van der Waals surface area contributed by atoms with E-state index in [0.717, 1.165) is 21.1 Å². The van der Waals surface area contributed by atoms with Gasteiger partial charge in [0.05, 0.1) is 12.1 Å². The molecule has 2 N–H and O–H groups in total. The second-order valence-corrected chi connectivity index (χ2v) is 7.61. The number of aromatic nitrogens is 1. The minimum atomic E-state index is -0.574. The topological polar surface area (TPSA) is 65.2 Å². The first-order chi connectivity index (χ1) is 12.0. The second-order valence-electron chi connectivity index (χ2n) is 5.84. The minimum Gasteiger partial charge on any atom is -0.373 e. The summed E-state index contributed by atoms with van der Waals surface area (Å²) in [6.45, 7) is 0. The summed E-state index contributed by atoms with van der Waals surface area (Å²) in [5.41, 5.74) is 2.34. The zero-order valence-electron chi connectivity index (χ0n) is 12.9. The van der Waals surface area contributed by atoms with Gasteiger partial charge in [0.1, 0.15) is 6.04 Å². The first-order valence-electron chi connectivity index (χ1n) is 7.68. The van der Waals surface area contributed by atoms with E-state index in [-0.39, 0.29) is 18.2 Å². The van der Waals surface area contributed by atoms with Crippen molar-refractivity contribution in [3.63, 3.8) is 0 Å². The number of carbonyl (C=O) groups is 2. The van der Waals surface area contributed by atoms with Crippen LogP contribution in [0.1, 0.15) is 6.42 Å². The number of imide groups is 1. The number of fused-ring (bicyclic) bond motifs is 1. The molecule has 3 aromatic rings. The molecule has 0 saturated carbocycles. The third-order valence-electron chi connectivity index (χ3n) is 4.19. The van der Waals surface area contributed by atoms with Crippen molar-refractivity contribution in [1.82, 2.24) is 4.98 Å². The highest BCUT2D eigenvalue weighted by Gasteiger charge is 2.40.